The van der Waals surface area contributed by atoms with Gasteiger partial charge in [0.2, 0.25) is 0 Å². The second-order valence-electron chi connectivity index (χ2n) is 6.48. The minimum Gasteiger partial charge on any atom is -0.494 e. The number of aryl methyl sites for hydroxylation is 1. The lowest BCUT2D eigenvalue weighted by Crippen LogP contribution is -2.20. The van der Waals surface area contributed by atoms with Crippen LogP contribution in [0.1, 0.15) is 23.9 Å². The summed E-state index contributed by atoms with van der Waals surface area (Å²) in [4.78, 5) is 0. The Morgan fingerprint density at radius 2 is 1.83 bits per heavy atom. The van der Waals surface area contributed by atoms with E-state index in [4.69, 9.17) is 40.2 Å². The molecule has 0 saturated carbocycles. The fourth-order valence-electron chi connectivity index (χ4n) is 2.92. The third kappa shape index (κ3) is 5.41. The first-order chi connectivity index (χ1) is 13.9. The van der Waals surface area contributed by atoms with Crippen molar-refractivity contribution in [2.75, 3.05) is 17.2 Å². The largest absolute Gasteiger partial charge is 0.494 e. The first-order valence-corrected chi connectivity index (χ1v) is 10.3. The molecule has 0 aliphatic heterocycles. The number of halogens is 2. The zero-order chi connectivity index (χ0) is 21.0. The fourth-order valence-corrected chi connectivity index (χ4v) is 3.61. The molecule has 0 atom stereocenters. The maximum Gasteiger partial charge on any atom is 0.175 e. The monoisotopic (exact) mass is 448 g/mol. The van der Waals surface area contributed by atoms with Crippen LogP contribution < -0.4 is 15.4 Å². The van der Waals surface area contributed by atoms with Crippen LogP contribution in [0.25, 0.3) is 0 Å². The number of thiocarbonyl (C=S) groups is 1. The van der Waals surface area contributed by atoms with Crippen LogP contribution in [0.3, 0.4) is 0 Å². The van der Waals surface area contributed by atoms with E-state index in [-0.39, 0.29) is 0 Å². The molecule has 0 spiro atoms. The molecular weight excluding hydrogens is 427 g/mol. The molecule has 29 heavy (non-hydrogen) atoms. The zero-order valence-corrected chi connectivity index (χ0v) is 18.8. The highest BCUT2D eigenvalue weighted by molar-refractivity contribution is 7.80. The van der Waals surface area contributed by atoms with E-state index in [1.165, 1.54) is 0 Å². The van der Waals surface area contributed by atoms with Crippen molar-refractivity contribution in [3.05, 3.63) is 69.5 Å². The van der Waals surface area contributed by atoms with Crippen LogP contribution in [0.2, 0.25) is 10.0 Å². The molecule has 3 aromatic rings. The van der Waals surface area contributed by atoms with E-state index >= 15 is 0 Å². The molecule has 0 saturated heterocycles. The summed E-state index contributed by atoms with van der Waals surface area (Å²) < 4.78 is 7.35. The van der Waals surface area contributed by atoms with Gasteiger partial charge in [-0.1, -0.05) is 29.3 Å². The molecule has 5 nitrogen and oxygen atoms in total. The summed E-state index contributed by atoms with van der Waals surface area (Å²) in [6, 6.07) is 13.1. The van der Waals surface area contributed by atoms with Crippen molar-refractivity contribution in [2.45, 2.75) is 27.3 Å². The molecule has 2 aromatic carbocycles. The summed E-state index contributed by atoms with van der Waals surface area (Å²) in [6.45, 7) is 7.07. The Bertz CT molecular complexity index is 1020. The van der Waals surface area contributed by atoms with Crippen LogP contribution in [-0.2, 0) is 6.54 Å². The molecule has 0 amide bonds. The summed E-state index contributed by atoms with van der Waals surface area (Å²) in [5, 5.41) is 12.8. The highest BCUT2D eigenvalue weighted by Crippen LogP contribution is 2.25. The maximum atomic E-state index is 6.30. The number of anilines is 2. The van der Waals surface area contributed by atoms with Crippen molar-refractivity contribution in [3.8, 4) is 5.75 Å². The number of aromatic nitrogens is 2. The van der Waals surface area contributed by atoms with Gasteiger partial charge in [-0.25, -0.2) is 0 Å². The van der Waals surface area contributed by atoms with Gasteiger partial charge in [0.05, 0.1) is 30.2 Å². The molecule has 0 aliphatic rings. The molecule has 0 unspecified atom stereocenters. The number of benzene rings is 2. The average Bonchev–Trinajstić information content (AvgIpc) is 2.93. The van der Waals surface area contributed by atoms with Gasteiger partial charge in [-0.05, 0) is 75.0 Å². The molecule has 0 fully saturated rings. The smallest absolute Gasteiger partial charge is 0.175 e. The molecule has 1 aromatic heterocycles. The highest BCUT2D eigenvalue weighted by Gasteiger charge is 2.14. The van der Waals surface area contributed by atoms with Gasteiger partial charge in [0.1, 0.15) is 5.75 Å². The molecule has 8 heteroatoms. The molecule has 0 bridgehead atoms. The summed E-state index contributed by atoms with van der Waals surface area (Å²) in [5.74, 6) is 0.825. The molecule has 2 N–H and O–H groups in total. The van der Waals surface area contributed by atoms with Crippen molar-refractivity contribution in [1.29, 1.82) is 0 Å². The Morgan fingerprint density at radius 1 is 1.10 bits per heavy atom. The molecule has 3 rings (SSSR count). The Labute approximate surface area is 186 Å². The van der Waals surface area contributed by atoms with E-state index in [2.05, 4.69) is 15.7 Å². The van der Waals surface area contributed by atoms with E-state index < -0.39 is 0 Å². The number of nitrogens with zero attached hydrogens (tertiary/aromatic N) is 2. The Hall–Kier alpha value is -2.28. The summed E-state index contributed by atoms with van der Waals surface area (Å²) in [5.41, 5.74) is 4.51. The van der Waals surface area contributed by atoms with Crippen LogP contribution in [-0.4, -0.2) is 21.5 Å². The number of nitrogens with one attached hydrogen (secondary N) is 2. The fraction of sp³-hybridized carbons (Fsp3) is 0.238. The maximum absolute atomic E-state index is 6.30. The van der Waals surface area contributed by atoms with E-state index in [0.29, 0.717) is 28.3 Å². The molecule has 1 heterocycles. The second-order valence-corrected chi connectivity index (χ2v) is 7.73. The van der Waals surface area contributed by atoms with E-state index in [9.17, 15) is 0 Å². The van der Waals surface area contributed by atoms with Crippen LogP contribution in [0, 0.1) is 13.8 Å². The van der Waals surface area contributed by atoms with E-state index in [1.807, 2.05) is 61.9 Å². The lowest BCUT2D eigenvalue weighted by Gasteiger charge is -2.12. The summed E-state index contributed by atoms with van der Waals surface area (Å²) >= 11 is 17.8. The molecular formula is C21H22Cl2N4OS. The van der Waals surface area contributed by atoms with E-state index in [1.54, 1.807) is 6.07 Å². The van der Waals surface area contributed by atoms with Gasteiger partial charge in [-0.2, -0.15) is 5.10 Å². The van der Waals surface area contributed by atoms with Crippen LogP contribution >= 0.6 is 35.4 Å². The van der Waals surface area contributed by atoms with Gasteiger partial charge < -0.3 is 15.4 Å². The quantitative estimate of drug-likeness (QED) is 0.448. The topological polar surface area (TPSA) is 51.1 Å². The van der Waals surface area contributed by atoms with Gasteiger partial charge in [0.25, 0.3) is 0 Å². The lowest BCUT2D eigenvalue weighted by atomic mass is 10.2. The van der Waals surface area contributed by atoms with Gasteiger partial charge in [-0.15, -0.1) is 0 Å². The van der Waals surface area contributed by atoms with E-state index in [0.717, 1.165) is 34.1 Å². The van der Waals surface area contributed by atoms with Crippen molar-refractivity contribution in [1.82, 2.24) is 9.78 Å². The van der Waals surface area contributed by atoms with Gasteiger partial charge >= 0.3 is 0 Å². The summed E-state index contributed by atoms with van der Waals surface area (Å²) in [7, 11) is 0. The van der Waals surface area contributed by atoms with Gasteiger partial charge in [0, 0.05) is 15.7 Å². The van der Waals surface area contributed by atoms with Crippen molar-refractivity contribution in [2.24, 2.45) is 0 Å². The van der Waals surface area contributed by atoms with Crippen LogP contribution in [0.4, 0.5) is 11.4 Å². The zero-order valence-electron chi connectivity index (χ0n) is 16.4. The third-order valence-corrected chi connectivity index (χ3v) is 5.17. The SMILES string of the molecule is CCOc1ccc(NC(=S)Nc2c(C)nn(Cc3ccc(Cl)cc3Cl)c2C)cc1. The number of hydrogen-bond donors (Lipinski definition) is 2. The number of ether oxygens (including phenoxy) is 1. The van der Waals surface area contributed by atoms with Gasteiger partial charge in [-0.3, -0.25) is 4.68 Å². The molecule has 0 aliphatic carbocycles. The first-order valence-electron chi connectivity index (χ1n) is 9.16. The molecule has 0 radical (unpaired) electrons. The van der Waals surface area contributed by atoms with Crippen LogP contribution in [0.15, 0.2) is 42.5 Å². The Kier molecular flexibility index (Phi) is 7.00. The lowest BCUT2D eigenvalue weighted by molar-refractivity contribution is 0.340. The highest BCUT2D eigenvalue weighted by atomic mass is 35.5. The van der Waals surface area contributed by atoms with Crippen molar-refractivity contribution in [3.63, 3.8) is 0 Å². The van der Waals surface area contributed by atoms with Crippen molar-refractivity contribution < 1.29 is 4.74 Å². The predicted octanol–water partition coefficient (Wildman–Crippen LogP) is 6.06. The minimum absolute atomic E-state index is 0.490. The Morgan fingerprint density at radius 3 is 2.48 bits per heavy atom. The normalized spacial score (nSPS) is 10.7. The molecule has 152 valence electrons. The summed E-state index contributed by atoms with van der Waals surface area (Å²) in [6.07, 6.45) is 0. The van der Waals surface area contributed by atoms with Crippen LogP contribution in [0.5, 0.6) is 5.75 Å². The first kappa shape index (κ1) is 21.4. The predicted molar refractivity (Wildman–Crippen MR) is 125 cm³/mol. The van der Waals surface area contributed by atoms with Crippen molar-refractivity contribution >= 4 is 51.9 Å². The minimum atomic E-state index is 0.490. The number of hydrogen-bond acceptors (Lipinski definition) is 3. The second kappa shape index (κ2) is 9.48. The Balaban J connectivity index is 1.70. The number of rotatable bonds is 6. The standard InChI is InChI=1S/C21H22Cl2N4OS/c1-4-28-18-9-7-17(8-10-18)24-21(29)25-20-13(2)26-27(14(20)3)12-15-5-6-16(22)11-19(15)23/h5-11H,4,12H2,1-3H3,(H2,24,25,29). The third-order valence-electron chi connectivity index (χ3n) is 4.38. The van der Waals surface area contributed by atoms with Gasteiger partial charge in [0.15, 0.2) is 5.11 Å². The average molecular weight is 449 g/mol.